The average molecular weight is 252 g/mol. The van der Waals surface area contributed by atoms with E-state index in [9.17, 15) is 13.2 Å². The standard InChI is InChI=1S/C15H15F3/c1-11-3-2-4-13(11)8-5-12-6-9-14(10-7-12)15(16,17)18/h5-10H,2-4H2,1H3/b8-5+. The number of benzene rings is 1. The third-order valence-corrected chi connectivity index (χ3v) is 3.26. The van der Waals surface area contributed by atoms with Crippen molar-refractivity contribution in [1.82, 2.24) is 0 Å². The molecular formula is C15H15F3. The molecule has 0 atom stereocenters. The van der Waals surface area contributed by atoms with Crippen LogP contribution in [0.4, 0.5) is 13.2 Å². The van der Waals surface area contributed by atoms with E-state index in [1.54, 1.807) is 0 Å². The first-order valence-corrected chi connectivity index (χ1v) is 6.01. The zero-order valence-electron chi connectivity index (χ0n) is 10.2. The van der Waals surface area contributed by atoms with Gasteiger partial charge in [-0.25, -0.2) is 0 Å². The Morgan fingerprint density at radius 1 is 1.00 bits per heavy atom. The molecular weight excluding hydrogens is 237 g/mol. The molecule has 18 heavy (non-hydrogen) atoms. The summed E-state index contributed by atoms with van der Waals surface area (Å²) in [6.07, 6.45) is 3.02. The molecule has 3 heteroatoms. The van der Waals surface area contributed by atoms with E-state index in [4.69, 9.17) is 0 Å². The molecule has 0 saturated heterocycles. The van der Waals surface area contributed by atoms with Gasteiger partial charge in [0.2, 0.25) is 0 Å². The van der Waals surface area contributed by atoms with E-state index in [1.807, 2.05) is 12.2 Å². The quantitative estimate of drug-likeness (QED) is 0.677. The summed E-state index contributed by atoms with van der Waals surface area (Å²) in [5, 5.41) is 0. The normalized spacial score (nSPS) is 16.9. The predicted molar refractivity (Wildman–Crippen MR) is 67.0 cm³/mol. The molecule has 0 radical (unpaired) electrons. The molecule has 0 nitrogen and oxygen atoms in total. The summed E-state index contributed by atoms with van der Waals surface area (Å²) in [6, 6.07) is 5.25. The van der Waals surface area contributed by atoms with Crippen LogP contribution in [-0.4, -0.2) is 0 Å². The molecule has 0 N–H and O–H groups in total. The molecule has 2 rings (SSSR count). The maximum Gasteiger partial charge on any atom is 0.416 e. The summed E-state index contributed by atoms with van der Waals surface area (Å²) in [4.78, 5) is 0. The van der Waals surface area contributed by atoms with Crippen molar-refractivity contribution in [3.8, 4) is 0 Å². The topological polar surface area (TPSA) is 0 Å². The van der Waals surface area contributed by atoms with E-state index in [0.29, 0.717) is 0 Å². The lowest BCUT2D eigenvalue weighted by Crippen LogP contribution is -2.03. The fraction of sp³-hybridized carbons (Fsp3) is 0.333. The highest BCUT2D eigenvalue weighted by atomic mass is 19.4. The van der Waals surface area contributed by atoms with Gasteiger partial charge in [0.1, 0.15) is 0 Å². The van der Waals surface area contributed by atoms with E-state index >= 15 is 0 Å². The van der Waals surface area contributed by atoms with E-state index < -0.39 is 11.7 Å². The lowest BCUT2D eigenvalue weighted by molar-refractivity contribution is -0.137. The lowest BCUT2D eigenvalue weighted by atomic mass is 10.1. The highest BCUT2D eigenvalue weighted by Crippen LogP contribution is 2.30. The monoisotopic (exact) mass is 252 g/mol. The van der Waals surface area contributed by atoms with Crippen molar-refractivity contribution in [2.75, 3.05) is 0 Å². The van der Waals surface area contributed by atoms with Gasteiger partial charge in [-0.05, 0) is 49.5 Å². The number of hydrogen-bond donors (Lipinski definition) is 0. The van der Waals surface area contributed by atoms with E-state index in [0.717, 1.165) is 30.5 Å². The Hall–Kier alpha value is -1.51. The minimum atomic E-state index is -4.26. The van der Waals surface area contributed by atoms with E-state index in [1.165, 1.54) is 29.7 Å². The largest absolute Gasteiger partial charge is 0.416 e. The second-order valence-corrected chi connectivity index (χ2v) is 4.61. The molecule has 0 bridgehead atoms. The van der Waals surface area contributed by atoms with Crippen LogP contribution in [0.1, 0.15) is 37.3 Å². The fourth-order valence-corrected chi connectivity index (χ4v) is 2.12. The van der Waals surface area contributed by atoms with Crippen LogP contribution in [0.5, 0.6) is 0 Å². The third kappa shape index (κ3) is 3.03. The Balaban J connectivity index is 2.11. The molecule has 1 aromatic carbocycles. The number of alkyl halides is 3. The highest BCUT2D eigenvalue weighted by molar-refractivity contribution is 5.54. The molecule has 1 aliphatic carbocycles. The first-order valence-electron chi connectivity index (χ1n) is 6.01. The minimum absolute atomic E-state index is 0.601. The number of halogens is 3. The van der Waals surface area contributed by atoms with Gasteiger partial charge in [0, 0.05) is 0 Å². The predicted octanol–water partition coefficient (Wildman–Crippen LogP) is 5.22. The van der Waals surface area contributed by atoms with Gasteiger partial charge in [-0.3, -0.25) is 0 Å². The van der Waals surface area contributed by atoms with Gasteiger partial charge in [-0.2, -0.15) is 13.2 Å². The first-order chi connectivity index (χ1) is 8.47. The Morgan fingerprint density at radius 2 is 1.67 bits per heavy atom. The van der Waals surface area contributed by atoms with E-state index in [2.05, 4.69) is 6.92 Å². The van der Waals surface area contributed by atoms with Crippen molar-refractivity contribution in [2.24, 2.45) is 0 Å². The number of rotatable bonds is 2. The summed E-state index contributed by atoms with van der Waals surface area (Å²) in [7, 11) is 0. The molecule has 0 spiro atoms. The van der Waals surface area contributed by atoms with Crippen LogP contribution >= 0.6 is 0 Å². The first kappa shape index (κ1) is 12.9. The SMILES string of the molecule is CC1=C(/C=C/c2ccc(C(F)(F)F)cc2)CCC1. The zero-order valence-corrected chi connectivity index (χ0v) is 10.2. The van der Waals surface area contributed by atoms with Crippen LogP contribution in [0.2, 0.25) is 0 Å². The molecule has 0 saturated carbocycles. The molecule has 0 fully saturated rings. The van der Waals surface area contributed by atoms with Gasteiger partial charge in [-0.1, -0.05) is 29.9 Å². The van der Waals surface area contributed by atoms with Gasteiger partial charge < -0.3 is 0 Å². The summed E-state index contributed by atoms with van der Waals surface area (Å²) < 4.78 is 37.1. The van der Waals surface area contributed by atoms with Crippen molar-refractivity contribution in [1.29, 1.82) is 0 Å². The van der Waals surface area contributed by atoms with Crippen LogP contribution in [0.3, 0.4) is 0 Å². The Labute approximate surface area is 105 Å². The maximum atomic E-state index is 12.4. The van der Waals surface area contributed by atoms with Crippen LogP contribution in [0.25, 0.3) is 6.08 Å². The van der Waals surface area contributed by atoms with Crippen molar-refractivity contribution >= 4 is 6.08 Å². The fourth-order valence-electron chi connectivity index (χ4n) is 2.12. The van der Waals surface area contributed by atoms with Crippen molar-refractivity contribution in [2.45, 2.75) is 32.4 Å². The summed E-state index contributed by atoms with van der Waals surface area (Å²) >= 11 is 0. The summed E-state index contributed by atoms with van der Waals surface area (Å²) in [5.74, 6) is 0. The van der Waals surface area contributed by atoms with Crippen LogP contribution in [0.15, 0.2) is 41.5 Å². The molecule has 0 aliphatic heterocycles. The Bertz CT molecular complexity index is 475. The third-order valence-electron chi connectivity index (χ3n) is 3.26. The Kier molecular flexibility index (Phi) is 3.60. The van der Waals surface area contributed by atoms with Crippen LogP contribution in [-0.2, 0) is 6.18 Å². The second kappa shape index (κ2) is 5.01. The molecule has 0 aromatic heterocycles. The second-order valence-electron chi connectivity index (χ2n) is 4.61. The van der Waals surface area contributed by atoms with Gasteiger partial charge in [0.05, 0.1) is 5.56 Å². The summed E-state index contributed by atoms with van der Waals surface area (Å²) in [6.45, 7) is 2.11. The summed E-state index contributed by atoms with van der Waals surface area (Å²) in [5.41, 5.74) is 2.90. The van der Waals surface area contributed by atoms with Gasteiger partial charge >= 0.3 is 6.18 Å². The van der Waals surface area contributed by atoms with Gasteiger partial charge in [-0.15, -0.1) is 0 Å². The molecule has 0 heterocycles. The van der Waals surface area contributed by atoms with E-state index in [-0.39, 0.29) is 0 Å². The smallest absolute Gasteiger partial charge is 0.166 e. The number of hydrogen-bond acceptors (Lipinski definition) is 0. The van der Waals surface area contributed by atoms with Gasteiger partial charge in [0.15, 0.2) is 0 Å². The average Bonchev–Trinajstić information content (AvgIpc) is 2.72. The maximum absolute atomic E-state index is 12.4. The molecule has 1 aromatic rings. The Morgan fingerprint density at radius 3 is 2.17 bits per heavy atom. The van der Waals surface area contributed by atoms with Gasteiger partial charge in [0.25, 0.3) is 0 Å². The number of allylic oxidation sites excluding steroid dienone is 3. The lowest BCUT2D eigenvalue weighted by Gasteiger charge is -2.06. The van der Waals surface area contributed by atoms with Crippen molar-refractivity contribution < 1.29 is 13.2 Å². The van der Waals surface area contributed by atoms with Crippen molar-refractivity contribution in [3.63, 3.8) is 0 Å². The highest BCUT2D eigenvalue weighted by Gasteiger charge is 2.29. The van der Waals surface area contributed by atoms with Crippen LogP contribution in [0, 0.1) is 0 Å². The minimum Gasteiger partial charge on any atom is -0.166 e. The molecule has 0 unspecified atom stereocenters. The molecule has 1 aliphatic rings. The molecule has 96 valence electrons. The molecule has 0 amide bonds. The van der Waals surface area contributed by atoms with Crippen molar-refractivity contribution in [3.05, 3.63) is 52.6 Å². The van der Waals surface area contributed by atoms with Crippen LogP contribution < -0.4 is 0 Å². The zero-order chi connectivity index (χ0) is 13.2.